The number of hydrogen-bond donors (Lipinski definition) is 0. The van der Waals surface area contributed by atoms with Crippen molar-refractivity contribution in [2.24, 2.45) is 11.8 Å². The van der Waals surface area contributed by atoms with Crippen molar-refractivity contribution in [1.82, 2.24) is 9.97 Å². The average molecular weight is 584 g/mol. The second-order valence-electron chi connectivity index (χ2n) is 9.03. The highest BCUT2D eigenvalue weighted by Crippen LogP contribution is 2.58. The first-order chi connectivity index (χ1) is 15.4. The third-order valence-electron chi connectivity index (χ3n) is 6.54. The van der Waals surface area contributed by atoms with Crippen molar-refractivity contribution in [3.05, 3.63) is 32.1 Å². The third-order valence-corrected chi connectivity index (χ3v) is 8.78. The number of carbonyl (C=O) groups excluding carboxylic acids is 2. The van der Waals surface area contributed by atoms with Crippen LogP contribution in [0.25, 0.3) is 0 Å². The number of alkyl halides is 3. The number of thiazole rings is 2. The molecular formula is C20H26BBrF3N3O4S2. The predicted octanol–water partition coefficient (Wildman–Crippen LogP) is 5.25. The third kappa shape index (κ3) is 5.49. The zero-order valence-electron chi connectivity index (χ0n) is 17.8. The molecule has 34 heavy (non-hydrogen) atoms. The number of likely N-dealkylation sites (N-methyl/N-ethyl adjacent to an activating group) is 1. The molecule has 2 saturated carbocycles. The molecule has 7 nitrogen and oxygen atoms in total. The van der Waals surface area contributed by atoms with Gasteiger partial charge in [0.15, 0.2) is 3.92 Å². The zero-order valence-corrected chi connectivity index (χ0v) is 21.0. The highest BCUT2D eigenvalue weighted by atomic mass is 79.9. The first-order valence-electron chi connectivity index (χ1n) is 10.4. The average Bonchev–Trinajstić information content (AvgIpc) is 3.42. The van der Waals surface area contributed by atoms with E-state index in [1.165, 1.54) is 11.3 Å². The van der Waals surface area contributed by atoms with Crippen LogP contribution in [0, 0.1) is 11.8 Å². The van der Waals surface area contributed by atoms with E-state index in [1.807, 2.05) is 12.4 Å². The molecule has 2 aliphatic heterocycles. The Hall–Kier alpha value is -1.51. The lowest BCUT2D eigenvalue weighted by atomic mass is 9.61. The summed E-state index contributed by atoms with van der Waals surface area (Å²) in [5.41, 5.74) is 0. The highest BCUT2D eigenvalue weighted by molar-refractivity contribution is 9.11. The second kappa shape index (κ2) is 9.86. The number of carbonyl (C=O) groups is 2. The van der Waals surface area contributed by atoms with Crippen molar-refractivity contribution in [3.63, 3.8) is 0 Å². The Morgan fingerprint density at radius 1 is 1.09 bits per heavy atom. The van der Waals surface area contributed by atoms with Crippen molar-refractivity contribution in [2.45, 2.75) is 45.1 Å². The van der Waals surface area contributed by atoms with Gasteiger partial charge in [-0.2, -0.15) is 13.2 Å². The molecule has 4 aliphatic rings. The van der Waals surface area contributed by atoms with Gasteiger partial charge in [0.05, 0.1) is 10.9 Å². The van der Waals surface area contributed by atoms with E-state index in [-0.39, 0.29) is 50.6 Å². The summed E-state index contributed by atoms with van der Waals surface area (Å²) in [6.07, 6.45) is 0.488. The number of quaternary nitrogens is 1. The van der Waals surface area contributed by atoms with Crippen LogP contribution in [0.5, 0.6) is 0 Å². The Labute approximate surface area is 212 Å². The van der Waals surface area contributed by atoms with Crippen molar-refractivity contribution < 1.29 is 36.5 Å². The number of fused-ring (bicyclic) bond motifs is 1. The van der Waals surface area contributed by atoms with Gasteiger partial charge in [-0.1, -0.05) is 26.7 Å². The van der Waals surface area contributed by atoms with Crippen LogP contribution < -0.4 is 0 Å². The van der Waals surface area contributed by atoms with Gasteiger partial charge >= 0.3 is 24.8 Å². The van der Waals surface area contributed by atoms with Gasteiger partial charge in [-0.05, 0) is 28.2 Å². The summed E-state index contributed by atoms with van der Waals surface area (Å²) in [5.74, 6) is -1.21. The van der Waals surface area contributed by atoms with Crippen molar-refractivity contribution >= 4 is 57.2 Å². The smallest absolute Gasteiger partial charge is 0.587 e. The number of halogens is 4. The van der Waals surface area contributed by atoms with Crippen molar-refractivity contribution in [1.29, 1.82) is 0 Å². The van der Waals surface area contributed by atoms with E-state index < -0.39 is 18.8 Å². The quantitative estimate of drug-likeness (QED) is 0.450. The Kier molecular flexibility index (Phi) is 7.86. The van der Waals surface area contributed by atoms with Gasteiger partial charge in [0.2, 0.25) is 0 Å². The number of nitrogens with zero attached hydrogens (tertiary/aromatic N) is 3. The van der Waals surface area contributed by atoms with Gasteiger partial charge in [-0.3, -0.25) is 9.59 Å². The molecule has 0 aromatic carbocycles. The van der Waals surface area contributed by atoms with Gasteiger partial charge in [-0.15, -0.1) is 22.7 Å². The maximum absolute atomic E-state index is 12.1. The molecule has 0 N–H and O–H groups in total. The lowest BCUT2D eigenvalue weighted by molar-refractivity contribution is -0.794. The normalized spacial score (nSPS) is 34.9. The van der Waals surface area contributed by atoms with Gasteiger partial charge in [0.1, 0.15) is 13.1 Å². The lowest BCUT2D eigenvalue weighted by Crippen LogP contribution is -2.60. The molecule has 0 spiro atoms. The van der Waals surface area contributed by atoms with Crippen LogP contribution in [0.4, 0.5) is 13.2 Å². The van der Waals surface area contributed by atoms with Crippen LogP contribution in [-0.2, 0) is 18.9 Å². The standard InChI is InChI=1S/C9H14BNO4.C7H6F3NS.C3H2BrNS.CH4/c1-6-3-7(6)10-11(2,4-8(12)14-10)5-9(13)15-10;8-7(9,10)5-3-4(5)6-11-1-2-12-6;4-3-5-1-2-6-3;/h6-7H,3-5H2,1-2H3;1-2,4-5H,3H2;1-2H;1H4/t6-,7-,10?,11?;4-,5-;;/m11../s1. The van der Waals surface area contributed by atoms with Gasteiger partial charge < -0.3 is 13.7 Å². The Morgan fingerprint density at radius 3 is 2.00 bits per heavy atom. The molecule has 0 bridgehead atoms. The van der Waals surface area contributed by atoms with Crippen molar-refractivity contribution in [2.75, 3.05) is 20.1 Å². The van der Waals surface area contributed by atoms with Crippen LogP contribution in [-0.4, -0.2) is 59.3 Å². The van der Waals surface area contributed by atoms with Crippen molar-refractivity contribution in [3.8, 4) is 0 Å². The minimum absolute atomic E-state index is 0. The summed E-state index contributed by atoms with van der Waals surface area (Å²) >= 11 is 6.07. The SMILES string of the molecule is Brc1nccs1.C.C[C@@H]1C[C@H]1[B-]12OC(=O)C[N+]1(C)CC(=O)O2.FC(F)(F)[C@@H]1C[C@H]1c1nccs1. The van der Waals surface area contributed by atoms with E-state index in [9.17, 15) is 22.8 Å². The summed E-state index contributed by atoms with van der Waals surface area (Å²) in [5, 5.41) is 4.25. The van der Waals surface area contributed by atoms with Gasteiger partial charge in [-0.25, -0.2) is 9.97 Å². The van der Waals surface area contributed by atoms with E-state index >= 15 is 0 Å². The summed E-state index contributed by atoms with van der Waals surface area (Å²) in [6.45, 7) is 0.913. The van der Waals surface area contributed by atoms with E-state index in [0.29, 0.717) is 15.3 Å². The van der Waals surface area contributed by atoms with E-state index in [4.69, 9.17) is 9.31 Å². The van der Waals surface area contributed by atoms with E-state index in [0.717, 1.165) is 10.3 Å². The highest BCUT2D eigenvalue weighted by Gasteiger charge is 2.73. The zero-order chi connectivity index (χ0) is 24.0. The van der Waals surface area contributed by atoms with Gasteiger partial charge in [0.25, 0.3) is 0 Å². The van der Waals surface area contributed by atoms with E-state index in [2.05, 4.69) is 32.8 Å². The lowest BCUT2D eigenvalue weighted by Gasteiger charge is -2.40. The first-order valence-corrected chi connectivity index (χ1v) is 12.9. The molecule has 0 amide bonds. The molecule has 188 valence electrons. The Balaban J connectivity index is 0.000000153. The van der Waals surface area contributed by atoms with E-state index in [1.54, 1.807) is 29.1 Å². The monoisotopic (exact) mass is 583 g/mol. The van der Waals surface area contributed by atoms with Crippen LogP contribution in [0.15, 0.2) is 27.1 Å². The maximum atomic E-state index is 12.1. The molecule has 2 saturated heterocycles. The summed E-state index contributed by atoms with van der Waals surface area (Å²) in [6, 6.07) is 0. The molecule has 0 radical (unpaired) electrons. The van der Waals surface area contributed by atoms with Crippen LogP contribution in [0.2, 0.25) is 5.82 Å². The molecule has 0 unspecified atom stereocenters. The van der Waals surface area contributed by atoms with Gasteiger partial charge in [0, 0.05) is 36.1 Å². The first kappa shape index (κ1) is 27.1. The topological polar surface area (TPSA) is 78.4 Å². The molecular weight excluding hydrogens is 558 g/mol. The summed E-state index contributed by atoms with van der Waals surface area (Å²) in [7, 11) is 1.89. The summed E-state index contributed by atoms with van der Waals surface area (Å²) in [4.78, 5) is 30.5. The minimum Gasteiger partial charge on any atom is -0.600 e. The molecule has 2 aliphatic carbocycles. The molecule has 2 aromatic heterocycles. The fraction of sp³-hybridized carbons (Fsp3) is 0.600. The molecule has 6 rings (SSSR count). The van der Waals surface area contributed by atoms with Crippen LogP contribution in [0.3, 0.4) is 0 Å². The van der Waals surface area contributed by atoms with Crippen LogP contribution >= 0.6 is 38.6 Å². The fourth-order valence-electron chi connectivity index (χ4n) is 4.66. The molecule has 2 aromatic rings. The Morgan fingerprint density at radius 2 is 1.65 bits per heavy atom. The predicted molar refractivity (Wildman–Crippen MR) is 127 cm³/mol. The molecule has 14 heteroatoms. The van der Waals surface area contributed by atoms with Crippen LogP contribution in [0.1, 0.15) is 38.1 Å². The summed E-state index contributed by atoms with van der Waals surface area (Å²) < 4.78 is 48.3. The number of rotatable bonds is 2. The number of aromatic nitrogens is 2. The minimum atomic E-state index is -4.03. The fourth-order valence-corrected chi connectivity index (χ4v) is 6.27. The molecule has 4 fully saturated rings. The molecule has 4 heterocycles. The Bertz CT molecular complexity index is 989. The second-order valence-corrected chi connectivity index (χ2v) is 12.1. The number of hydrogen-bond acceptors (Lipinski definition) is 8. The molecule has 4 atom stereocenters. The maximum Gasteiger partial charge on any atom is 0.587 e. The largest absolute Gasteiger partial charge is 0.600 e.